The first-order chi connectivity index (χ1) is 11.3. The molecule has 23 heavy (non-hydrogen) atoms. The van der Waals surface area contributed by atoms with Crippen molar-refractivity contribution in [2.24, 2.45) is 0 Å². The summed E-state index contributed by atoms with van der Waals surface area (Å²) in [5.74, 6) is 0.0225. The number of hydrogen-bond donors (Lipinski definition) is 2. The molecule has 0 saturated carbocycles. The van der Waals surface area contributed by atoms with Crippen molar-refractivity contribution in [3.8, 4) is 5.75 Å². The average molecular weight is 314 g/mol. The van der Waals surface area contributed by atoms with Crippen molar-refractivity contribution >= 4 is 5.69 Å². The highest BCUT2D eigenvalue weighted by atomic mass is 19.1. The number of rotatable bonds is 5. The first kappa shape index (κ1) is 15.8. The normalized spacial score (nSPS) is 17.0. The largest absolute Gasteiger partial charge is 0.491 e. The number of ether oxygens (including phenoxy) is 1. The highest BCUT2D eigenvalue weighted by Crippen LogP contribution is 2.29. The third kappa shape index (κ3) is 3.82. The molecule has 3 rings (SSSR count). The van der Waals surface area contributed by atoms with Crippen LogP contribution in [0.4, 0.5) is 10.1 Å². The highest BCUT2D eigenvalue weighted by molar-refractivity contribution is 5.53. The van der Waals surface area contributed by atoms with E-state index in [1.54, 1.807) is 12.1 Å². The van der Waals surface area contributed by atoms with Gasteiger partial charge in [0.25, 0.3) is 0 Å². The number of hydrogen-bond acceptors (Lipinski definition) is 3. The first-order valence-corrected chi connectivity index (χ1v) is 8.25. The van der Waals surface area contributed by atoms with E-state index in [1.807, 2.05) is 13.0 Å². The van der Waals surface area contributed by atoms with E-state index in [0.29, 0.717) is 18.9 Å². The Morgan fingerprint density at radius 1 is 1.26 bits per heavy atom. The minimum absolute atomic E-state index is 0.288. The number of para-hydroxylation sites is 1. The molecule has 0 saturated heterocycles. The van der Waals surface area contributed by atoms with E-state index in [1.165, 1.54) is 11.3 Å². The molecule has 0 aromatic heterocycles. The fraction of sp³-hybridized carbons (Fsp3) is 0.368. The number of nitrogens with one attached hydrogen (secondary N) is 2. The Labute approximate surface area is 136 Å². The van der Waals surface area contributed by atoms with Gasteiger partial charge in [0.2, 0.25) is 0 Å². The van der Waals surface area contributed by atoms with Gasteiger partial charge >= 0.3 is 0 Å². The fourth-order valence-electron chi connectivity index (χ4n) is 3.03. The maximum Gasteiger partial charge on any atom is 0.165 e. The van der Waals surface area contributed by atoms with E-state index in [2.05, 4.69) is 34.9 Å². The van der Waals surface area contributed by atoms with Crippen molar-refractivity contribution in [1.29, 1.82) is 0 Å². The van der Waals surface area contributed by atoms with Crippen LogP contribution in [0.2, 0.25) is 0 Å². The second-order valence-electron chi connectivity index (χ2n) is 5.79. The fourth-order valence-corrected chi connectivity index (χ4v) is 3.03. The van der Waals surface area contributed by atoms with Gasteiger partial charge in [0.15, 0.2) is 11.6 Å². The number of fused-ring (bicyclic) bond motifs is 1. The van der Waals surface area contributed by atoms with Gasteiger partial charge in [-0.15, -0.1) is 0 Å². The Morgan fingerprint density at radius 2 is 2.13 bits per heavy atom. The Kier molecular flexibility index (Phi) is 5.13. The zero-order valence-corrected chi connectivity index (χ0v) is 13.4. The maximum absolute atomic E-state index is 13.9. The molecular weight excluding hydrogens is 291 g/mol. The van der Waals surface area contributed by atoms with Crippen LogP contribution in [0.25, 0.3) is 0 Å². The minimum Gasteiger partial charge on any atom is -0.491 e. The van der Waals surface area contributed by atoms with Gasteiger partial charge in [-0.05, 0) is 49.1 Å². The zero-order valence-electron chi connectivity index (χ0n) is 13.4. The molecule has 1 heterocycles. The van der Waals surface area contributed by atoms with Gasteiger partial charge in [-0.3, -0.25) is 0 Å². The van der Waals surface area contributed by atoms with E-state index >= 15 is 0 Å². The molecule has 2 aromatic carbocycles. The summed E-state index contributed by atoms with van der Waals surface area (Å²) in [5, 5.41) is 7.03. The lowest BCUT2D eigenvalue weighted by Crippen LogP contribution is -2.20. The van der Waals surface area contributed by atoms with Gasteiger partial charge in [-0.1, -0.05) is 24.3 Å². The molecule has 0 radical (unpaired) electrons. The van der Waals surface area contributed by atoms with E-state index in [0.717, 1.165) is 24.9 Å². The minimum atomic E-state index is -0.297. The van der Waals surface area contributed by atoms with Gasteiger partial charge in [-0.25, -0.2) is 4.39 Å². The Balaban J connectivity index is 1.69. The zero-order chi connectivity index (χ0) is 16.1. The first-order valence-electron chi connectivity index (χ1n) is 8.25. The Morgan fingerprint density at radius 3 is 2.96 bits per heavy atom. The molecule has 2 N–H and O–H groups in total. The van der Waals surface area contributed by atoms with Gasteiger partial charge < -0.3 is 15.4 Å². The van der Waals surface area contributed by atoms with Crippen molar-refractivity contribution in [1.82, 2.24) is 5.32 Å². The number of benzene rings is 2. The third-order valence-corrected chi connectivity index (χ3v) is 4.17. The summed E-state index contributed by atoms with van der Waals surface area (Å²) in [6.07, 6.45) is 2.19. The molecule has 1 aliphatic heterocycles. The second kappa shape index (κ2) is 7.47. The molecule has 122 valence electrons. The number of anilines is 1. The summed E-state index contributed by atoms with van der Waals surface area (Å²) in [6.45, 7) is 3.96. The summed E-state index contributed by atoms with van der Waals surface area (Å²) < 4.78 is 19.2. The average Bonchev–Trinajstić information content (AvgIpc) is 2.78. The molecule has 3 nitrogen and oxygen atoms in total. The van der Waals surface area contributed by atoms with Gasteiger partial charge in [-0.2, -0.15) is 0 Å². The Bertz CT molecular complexity index is 660. The molecule has 1 aliphatic rings. The monoisotopic (exact) mass is 314 g/mol. The van der Waals surface area contributed by atoms with Crippen LogP contribution in [0.5, 0.6) is 5.75 Å². The molecule has 0 bridgehead atoms. The van der Waals surface area contributed by atoms with Crippen LogP contribution in [0.3, 0.4) is 0 Å². The van der Waals surface area contributed by atoms with Crippen LogP contribution in [0.15, 0.2) is 42.5 Å². The lowest BCUT2D eigenvalue weighted by Gasteiger charge is -2.19. The van der Waals surface area contributed by atoms with Crippen molar-refractivity contribution in [2.75, 3.05) is 18.5 Å². The molecule has 0 aliphatic carbocycles. The van der Waals surface area contributed by atoms with Crippen molar-refractivity contribution in [2.45, 2.75) is 32.4 Å². The van der Waals surface area contributed by atoms with Crippen LogP contribution >= 0.6 is 0 Å². The van der Waals surface area contributed by atoms with Crippen LogP contribution in [0.1, 0.15) is 36.9 Å². The van der Waals surface area contributed by atoms with E-state index in [4.69, 9.17) is 4.74 Å². The smallest absolute Gasteiger partial charge is 0.165 e. The molecule has 1 atom stereocenters. The SMILES string of the molecule is CCOc1ccc(CNC2CCCNc3ccccc32)cc1F. The molecular formula is C19H23FN2O. The number of halogens is 1. The molecule has 1 unspecified atom stereocenters. The van der Waals surface area contributed by atoms with Crippen LogP contribution < -0.4 is 15.4 Å². The summed E-state index contributed by atoms with van der Waals surface area (Å²) in [4.78, 5) is 0. The van der Waals surface area contributed by atoms with E-state index in [9.17, 15) is 4.39 Å². The summed E-state index contributed by atoms with van der Waals surface area (Å²) in [6, 6.07) is 13.9. The topological polar surface area (TPSA) is 33.3 Å². The van der Waals surface area contributed by atoms with Crippen molar-refractivity contribution in [3.63, 3.8) is 0 Å². The van der Waals surface area contributed by atoms with Gasteiger partial charge in [0.1, 0.15) is 0 Å². The van der Waals surface area contributed by atoms with Crippen LogP contribution in [-0.2, 0) is 6.54 Å². The van der Waals surface area contributed by atoms with E-state index in [-0.39, 0.29) is 11.9 Å². The predicted molar refractivity (Wildman–Crippen MR) is 91.3 cm³/mol. The lowest BCUT2D eigenvalue weighted by molar-refractivity contribution is 0.321. The summed E-state index contributed by atoms with van der Waals surface area (Å²) in [5.41, 5.74) is 3.41. The van der Waals surface area contributed by atoms with Gasteiger partial charge in [0, 0.05) is 24.8 Å². The standard InChI is InChI=1S/C19H23FN2O/c1-2-23-19-10-9-14(12-16(19)20)13-22-18-8-5-11-21-17-7-4-3-6-15(17)18/h3-4,6-7,9-10,12,18,21-22H,2,5,8,11,13H2,1H3. The van der Waals surface area contributed by atoms with Crippen LogP contribution in [0, 0.1) is 5.82 Å². The third-order valence-electron chi connectivity index (χ3n) is 4.17. The highest BCUT2D eigenvalue weighted by Gasteiger charge is 2.17. The predicted octanol–water partition coefficient (Wildman–Crippen LogP) is 4.26. The molecule has 0 amide bonds. The second-order valence-corrected chi connectivity index (χ2v) is 5.79. The lowest BCUT2D eigenvalue weighted by atomic mass is 10.0. The Hall–Kier alpha value is -2.07. The molecule has 4 heteroatoms. The van der Waals surface area contributed by atoms with Gasteiger partial charge in [0.05, 0.1) is 6.61 Å². The van der Waals surface area contributed by atoms with Crippen molar-refractivity contribution in [3.05, 3.63) is 59.4 Å². The molecule has 0 fully saturated rings. The summed E-state index contributed by atoms with van der Waals surface area (Å²) >= 11 is 0. The van der Waals surface area contributed by atoms with Crippen molar-refractivity contribution < 1.29 is 9.13 Å². The van der Waals surface area contributed by atoms with Crippen LogP contribution in [-0.4, -0.2) is 13.2 Å². The molecule has 0 spiro atoms. The van der Waals surface area contributed by atoms with E-state index < -0.39 is 0 Å². The molecule has 2 aromatic rings. The maximum atomic E-state index is 13.9. The summed E-state index contributed by atoms with van der Waals surface area (Å²) in [7, 11) is 0. The quantitative estimate of drug-likeness (QED) is 0.865.